The molecule has 82 valence electrons. The third-order valence-corrected chi connectivity index (χ3v) is 2.32. The molecule has 5 heteroatoms. The van der Waals surface area contributed by atoms with Gasteiger partial charge in [0, 0.05) is 18.2 Å². The monoisotopic (exact) mass is 210 g/mol. The molecule has 1 aromatic carbocycles. The van der Waals surface area contributed by atoms with Crippen LogP contribution in [0.4, 0.5) is 5.69 Å². The predicted molar refractivity (Wildman–Crippen MR) is 56.3 cm³/mol. The lowest BCUT2D eigenvalue weighted by atomic mass is 10.0. The zero-order valence-corrected chi connectivity index (χ0v) is 8.46. The van der Waals surface area contributed by atoms with Crippen molar-refractivity contribution in [3.05, 3.63) is 39.9 Å². The molecule has 2 atom stereocenters. The molecule has 0 fully saturated rings. The second kappa shape index (κ2) is 4.86. The van der Waals surface area contributed by atoms with E-state index in [1.807, 2.05) is 6.92 Å². The van der Waals surface area contributed by atoms with Crippen LogP contribution in [-0.2, 0) is 0 Å². The van der Waals surface area contributed by atoms with Crippen molar-refractivity contribution in [1.29, 1.82) is 0 Å². The molecule has 1 aromatic rings. The fraction of sp³-hybridized carbons (Fsp3) is 0.400. The van der Waals surface area contributed by atoms with Crippen molar-refractivity contribution >= 4 is 5.69 Å². The molecular weight excluding hydrogens is 196 g/mol. The van der Waals surface area contributed by atoms with E-state index in [0.717, 1.165) is 0 Å². The average Bonchev–Trinajstić information content (AvgIpc) is 2.27. The molecule has 3 N–H and O–H groups in total. The Hall–Kier alpha value is -1.46. The van der Waals surface area contributed by atoms with Crippen LogP contribution in [0.15, 0.2) is 24.3 Å². The Kier molecular flexibility index (Phi) is 3.76. The molecule has 0 spiro atoms. The summed E-state index contributed by atoms with van der Waals surface area (Å²) in [5, 5.41) is 20.1. The number of non-ortho nitro benzene ring substituents is 1. The van der Waals surface area contributed by atoms with E-state index < -0.39 is 11.0 Å². The lowest BCUT2D eigenvalue weighted by molar-refractivity contribution is -0.384. The summed E-state index contributed by atoms with van der Waals surface area (Å²) in [6, 6.07) is 5.44. The number of nitro groups is 1. The van der Waals surface area contributed by atoms with Crippen molar-refractivity contribution in [3.63, 3.8) is 0 Å². The molecule has 0 aliphatic heterocycles. The van der Waals surface area contributed by atoms with Crippen LogP contribution in [0.1, 0.15) is 25.0 Å². The van der Waals surface area contributed by atoms with Crippen molar-refractivity contribution in [3.8, 4) is 0 Å². The zero-order chi connectivity index (χ0) is 11.4. The van der Waals surface area contributed by atoms with Gasteiger partial charge in [-0.1, -0.05) is 6.92 Å². The third kappa shape index (κ3) is 2.74. The van der Waals surface area contributed by atoms with E-state index in [-0.39, 0.29) is 11.7 Å². The second-order valence-corrected chi connectivity index (χ2v) is 3.37. The molecule has 0 aliphatic carbocycles. The highest BCUT2D eigenvalue weighted by Gasteiger charge is 2.15. The highest BCUT2D eigenvalue weighted by atomic mass is 16.6. The van der Waals surface area contributed by atoms with Crippen LogP contribution in [0.2, 0.25) is 0 Å². The van der Waals surface area contributed by atoms with E-state index in [1.165, 1.54) is 24.3 Å². The fourth-order valence-corrected chi connectivity index (χ4v) is 1.26. The smallest absolute Gasteiger partial charge is 0.269 e. The summed E-state index contributed by atoms with van der Waals surface area (Å²) in [5.41, 5.74) is 6.28. The van der Waals surface area contributed by atoms with Crippen molar-refractivity contribution < 1.29 is 10.0 Å². The molecule has 0 aliphatic rings. The highest BCUT2D eigenvalue weighted by Crippen LogP contribution is 2.20. The standard InChI is InChI=1S/C10H14N2O3/c1-2-9(11)10(13)7-3-5-8(6-4-7)12(14)15/h3-6,9-10,13H,2,11H2,1H3. The maximum atomic E-state index is 10.4. The molecule has 0 amide bonds. The minimum Gasteiger partial charge on any atom is -0.387 e. The van der Waals surface area contributed by atoms with Crippen LogP contribution >= 0.6 is 0 Å². The van der Waals surface area contributed by atoms with Gasteiger partial charge in [-0.2, -0.15) is 0 Å². The van der Waals surface area contributed by atoms with Crippen LogP contribution in [0.3, 0.4) is 0 Å². The Morgan fingerprint density at radius 1 is 1.47 bits per heavy atom. The van der Waals surface area contributed by atoms with Crippen LogP contribution in [-0.4, -0.2) is 16.1 Å². The number of rotatable bonds is 4. The first-order valence-electron chi connectivity index (χ1n) is 4.74. The van der Waals surface area contributed by atoms with Gasteiger partial charge in [0.15, 0.2) is 0 Å². The van der Waals surface area contributed by atoms with E-state index in [2.05, 4.69) is 0 Å². The Balaban J connectivity index is 2.84. The first kappa shape index (κ1) is 11.6. The van der Waals surface area contributed by atoms with Crippen molar-refractivity contribution in [1.82, 2.24) is 0 Å². The molecule has 0 aromatic heterocycles. The third-order valence-electron chi connectivity index (χ3n) is 2.32. The summed E-state index contributed by atoms with van der Waals surface area (Å²) < 4.78 is 0. The van der Waals surface area contributed by atoms with Crippen molar-refractivity contribution in [2.45, 2.75) is 25.5 Å². The summed E-state index contributed by atoms with van der Waals surface area (Å²) in [4.78, 5) is 9.91. The number of hydrogen-bond acceptors (Lipinski definition) is 4. The highest BCUT2D eigenvalue weighted by molar-refractivity contribution is 5.34. The number of hydrogen-bond donors (Lipinski definition) is 2. The van der Waals surface area contributed by atoms with Gasteiger partial charge in [-0.15, -0.1) is 0 Å². The van der Waals surface area contributed by atoms with Gasteiger partial charge in [-0.3, -0.25) is 10.1 Å². The average molecular weight is 210 g/mol. The molecule has 0 radical (unpaired) electrons. The Morgan fingerprint density at radius 2 is 2.00 bits per heavy atom. The Labute approximate surface area is 87.7 Å². The normalized spacial score (nSPS) is 14.6. The van der Waals surface area contributed by atoms with Gasteiger partial charge < -0.3 is 10.8 Å². The molecule has 0 saturated carbocycles. The fourth-order valence-electron chi connectivity index (χ4n) is 1.26. The second-order valence-electron chi connectivity index (χ2n) is 3.37. The van der Waals surface area contributed by atoms with E-state index in [1.54, 1.807) is 0 Å². The van der Waals surface area contributed by atoms with E-state index >= 15 is 0 Å². The molecule has 0 saturated heterocycles. The van der Waals surface area contributed by atoms with E-state index in [4.69, 9.17) is 5.73 Å². The minimum absolute atomic E-state index is 0.0102. The number of nitrogens with two attached hydrogens (primary N) is 1. The molecule has 2 unspecified atom stereocenters. The number of aliphatic hydroxyl groups is 1. The minimum atomic E-state index is -0.768. The van der Waals surface area contributed by atoms with Gasteiger partial charge in [0.05, 0.1) is 11.0 Å². The maximum Gasteiger partial charge on any atom is 0.269 e. The van der Waals surface area contributed by atoms with Crippen molar-refractivity contribution in [2.75, 3.05) is 0 Å². The predicted octanol–water partition coefficient (Wildman–Crippen LogP) is 1.37. The van der Waals surface area contributed by atoms with Crippen LogP contribution in [0.25, 0.3) is 0 Å². The largest absolute Gasteiger partial charge is 0.387 e. The van der Waals surface area contributed by atoms with E-state index in [9.17, 15) is 15.2 Å². The molecule has 5 nitrogen and oxygen atoms in total. The Bertz CT molecular complexity index is 337. The van der Waals surface area contributed by atoms with Crippen molar-refractivity contribution in [2.24, 2.45) is 5.73 Å². The first-order valence-corrected chi connectivity index (χ1v) is 4.74. The van der Waals surface area contributed by atoms with Gasteiger partial charge in [0.2, 0.25) is 0 Å². The van der Waals surface area contributed by atoms with Gasteiger partial charge >= 0.3 is 0 Å². The topological polar surface area (TPSA) is 89.4 Å². The Morgan fingerprint density at radius 3 is 2.40 bits per heavy atom. The molecule has 0 heterocycles. The summed E-state index contributed by atoms with van der Waals surface area (Å²) in [7, 11) is 0. The quantitative estimate of drug-likeness (QED) is 0.580. The van der Waals surface area contributed by atoms with Gasteiger partial charge in [-0.25, -0.2) is 0 Å². The summed E-state index contributed by atoms with van der Waals surface area (Å²) in [6.07, 6.45) is -0.117. The summed E-state index contributed by atoms with van der Waals surface area (Å²) >= 11 is 0. The van der Waals surface area contributed by atoms with Crippen LogP contribution in [0, 0.1) is 10.1 Å². The molecule has 0 bridgehead atoms. The summed E-state index contributed by atoms with van der Waals surface area (Å²) in [5.74, 6) is 0. The lowest BCUT2D eigenvalue weighted by Gasteiger charge is -2.16. The first-order chi connectivity index (χ1) is 7.06. The number of nitro benzene ring substituents is 1. The van der Waals surface area contributed by atoms with Crippen LogP contribution < -0.4 is 5.73 Å². The SMILES string of the molecule is CCC(N)C(O)c1ccc([N+](=O)[O-])cc1. The molecule has 15 heavy (non-hydrogen) atoms. The molecule has 1 rings (SSSR count). The maximum absolute atomic E-state index is 10.4. The van der Waals surface area contributed by atoms with Crippen LogP contribution in [0.5, 0.6) is 0 Å². The summed E-state index contributed by atoms with van der Waals surface area (Å²) in [6.45, 7) is 1.87. The lowest BCUT2D eigenvalue weighted by Crippen LogP contribution is -2.27. The van der Waals surface area contributed by atoms with E-state index in [0.29, 0.717) is 12.0 Å². The number of aliphatic hydroxyl groups excluding tert-OH is 1. The molecular formula is C10H14N2O3. The zero-order valence-electron chi connectivity index (χ0n) is 8.46. The number of benzene rings is 1. The number of nitrogens with zero attached hydrogens (tertiary/aromatic N) is 1. The van der Waals surface area contributed by atoms with Gasteiger partial charge in [-0.05, 0) is 24.1 Å². The van der Waals surface area contributed by atoms with Gasteiger partial charge in [0.1, 0.15) is 0 Å². The van der Waals surface area contributed by atoms with Gasteiger partial charge in [0.25, 0.3) is 5.69 Å².